The molecule has 93 heavy (non-hydrogen) atoms. The van der Waals surface area contributed by atoms with Crippen molar-refractivity contribution in [2.24, 2.45) is 0 Å². The van der Waals surface area contributed by atoms with Crippen LogP contribution in [-0.4, -0.2) is 70.7 Å². The van der Waals surface area contributed by atoms with Gasteiger partial charge in [-0.3, -0.25) is 19.2 Å². The number of aromatic hydroxyl groups is 4. The van der Waals surface area contributed by atoms with Gasteiger partial charge in [-0.25, -0.2) is 0 Å². The summed E-state index contributed by atoms with van der Waals surface area (Å²) in [7, 11) is 0. The van der Waals surface area contributed by atoms with Gasteiger partial charge in [-0.2, -0.15) is 0 Å². The van der Waals surface area contributed by atoms with Gasteiger partial charge in [0.2, 0.25) is 0 Å². The van der Waals surface area contributed by atoms with Gasteiger partial charge >= 0.3 is 23.9 Å². The minimum absolute atomic E-state index is 0. The van der Waals surface area contributed by atoms with E-state index in [9.17, 15) is 39.6 Å². The third-order valence-corrected chi connectivity index (χ3v) is 15.5. The van der Waals surface area contributed by atoms with Gasteiger partial charge in [-0.15, -0.1) is 0 Å². The van der Waals surface area contributed by atoms with Crippen LogP contribution >= 0.6 is 0 Å². The maximum Gasteiger partial charge on any atom is 0.306 e. The van der Waals surface area contributed by atoms with Crippen LogP contribution in [0, 0.1) is 0 Å². The highest BCUT2D eigenvalue weighted by atomic mass is 16.5. The number of carbonyl (C=O) groups is 4. The van der Waals surface area contributed by atoms with Gasteiger partial charge < -0.3 is 39.4 Å². The third kappa shape index (κ3) is 30.1. The van der Waals surface area contributed by atoms with Crippen molar-refractivity contribution in [2.45, 2.75) is 322 Å². The second-order valence-corrected chi connectivity index (χ2v) is 33.0. The van der Waals surface area contributed by atoms with E-state index in [1.54, 1.807) is 0 Å². The van der Waals surface area contributed by atoms with Crippen molar-refractivity contribution in [3.05, 3.63) is 115 Å². The lowest BCUT2D eigenvalue weighted by molar-refractivity contribution is -0.144. The molecule has 0 radical (unpaired) electrons. The van der Waals surface area contributed by atoms with Gasteiger partial charge in [-0.1, -0.05) is 250 Å². The molecule has 0 bridgehead atoms. The molecule has 528 valence electrons. The maximum atomic E-state index is 11.7. The van der Waals surface area contributed by atoms with Gasteiger partial charge in [0.25, 0.3) is 0 Å². The summed E-state index contributed by atoms with van der Waals surface area (Å²) in [5.41, 5.74) is 10.6. The van der Waals surface area contributed by atoms with Gasteiger partial charge in [0, 0.05) is 25.7 Å². The molecule has 0 fully saturated rings. The number of carbonyl (C=O) groups excluding carboxylic acids is 4. The number of hydrogen-bond acceptors (Lipinski definition) is 12. The number of benzene rings is 4. The van der Waals surface area contributed by atoms with E-state index < -0.39 is 0 Å². The molecule has 0 amide bonds. The van der Waals surface area contributed by atoms with E-state index in [1.165, 1.54) is 0 Å². The molecule has 0 saturated carbocycles. The molecule has 4 rings (SSSR count). The summed E-state index contributed by atoms with van der Waals surface area (Å²) in [6.45, 7) is 60.0. The molecule has 0 aliphatic heterocycles. The Kier molecular flexibility index (Phi) is 34.4. The summed E-state index contributed by atoms with van der Waals surface area (Å²) in [4.78, 5) is 46.9. The number of hydrogen-bond donors (Lipinski definition) is 4. The van der Waals surface area contributed by atoms with Crippen LogP contribution in [0.25, 0.3) is 0 Å². The normalized spacial score (nSPS) is 12.2. The van der Waals surface area contributed by atoms with Crippen LogP contribution in [0.1, 0.15) is 319 Å². The van der Waals surface area contributed by atoms with Crippen LogP contribution in [0.5, 0.6) is 23.0 Å². The number of rotatable bonds is 20. The number of phenolic OH excluding ortho intramolecular Hbond substituents is 4. The molecule has 12 nitrogen and oxygen atoms in total. The molecule has 4 aromatic rings. The predicted octanol–water partition coefficient (Wildman–Crippen LogP) is 20.1. The van der Waals surface area contributed by atoms with E-state index in [-0.39, 0.29) is 74.6 Å². The van der Waals surface area contributed by atoms with Crippen molar-refractivity contribution in [3.8, 4) is 23.0 Å². The number of esters is 4. The molecular weight excluding hydrogens is 1160 g/mol. The Hall–Kier alpha value is -6.04. The minimum Gasteiger partial charge on any atom is -0.507 e. The zero-order valence-electron chi connectivity index (χ0n) is 63.0. The Balaban J connectivity index is 0.00000121. The number of phenols is 4. The Morgan fingerprint density at radius 1 is 0.269 bits per heavy atom. The standard InChI is InChI=1S/4C20H32O3.CH4/c4*1-8-11-23-17(21)10-9-14-12-15(19(2,3)4)18(22)16(13-14)20(5,6)7;/h4*12-13,22H,8-11H2,1-7H3;1H4. The fraction of sp³-hybridized carbons (Fsp3) is 0.654. The van der Waals surface area contributed by atoms with Crippen LogP contribution in [0.15, 0.2) is 48.5 Å². The summed E-state index contributed by atoms with van der Waals surface area (Å²) in [5, 5.41) is 42.7. The topological polar surface area (TPSA) is 186 Å². The zero-order valence-corrected chi connectivity index (χ0v) is 63.0. The Labute approximate surface area is 566 Å². The maximum absolute atomic E-state index is 11.7. The highest BCUT2D eigenvalue weighted by Gasteiger charge is 2.31. The molecule has 4 aromatic carbocycles. The lowest BCUT2D eigenvalue weighted by atomic mass is 9.78. The van der Waals surface area contributed by atoms with E-state index in [1.807, 2.05) is 76.2 Å². The van der Waals surface area contributed by atoms with E-state index >= 15 is 0 Å². The Morgan fingerprint density at radius 3 is 0.484 bits per heavy atom. The van der Waals surface area contributed by atoms with Crippen molar-refractivity contribution in [1.29, 1.82) is 0 Å². The van der Waals surface area contributed by atoms with Crippen molar-refractivity contribution in [1.82, 2.24) is 0 Å². The van der Waals surface area contributed by atoms with Crippen molar-refractivity contribution < 1.29 is 58.6 Å². The first-order valence-corrected chi connectivity index (χ1v) is 34.0. The average molecular weight is 1300 g/mol. The average Bonchev–Trinajstić information content (AvgIpc) is 0.813. The minimum atomic E-state index is -0.158. The van der Waals surface area contributed by atoms with Crippen LogP contribution in [-0.2, 0) is 107 Å². The van der Waals surface area contributed by atoms with Gasteiger partial charge in [0.15, 0.2) is 0 Å². The molecule has 0 aromatic heterocycles. The lowest BCUT2D eigenvalue weighted by Crippen LogP contribution is -2.18. The van der Waals surface area contributed by atoms with Crippen LogP contribution in [0.3, 0.4) is 0 Å². The molecule has 0 unspecified atom stereocenters. The van der Waals surface area contributed by atoms with Gasteiger partial charge in [0.05, 0.1) is 26.4 Å². The molecule has 12 heteroatoms. The van der Waals surface area contributed by atoms with Crippen molar-refractivity contribution >= 4 is 23.9 Å². The SMILES string of the molecule is C.CCCOC(=O)CCc1cc(C(C)(C)C)c(O)c(C(C)(C)C)c1.CCCOC(=O)CCc1cc(C(C)(C)C)c(O)c(C(C)(C)C)c1.CCCOC(=O)CCc1cc(C(C)(C)C)c(O)c(C(C)(C)C)c1.CCCOC(=O)CCc1cc(C(C)(C)C)c(O)c(C(C)(C)C)c1. The van der Waals surface area contributed by atoms with Crippen LogP contribution in [0.2, 0.25) is 0 Å². The monoisotopic (exact) mass is 1300 g/mol. The molecule has 0 atom stereocenters. The van der Waals surface area contributed by atoms with Crippen LogP contribution < -0.4 is 0 Å². The summed E-state index contributed by atoms with van der Waals surface area (Å²) in [6.07, 6.45) is 7.39. The smallest absolute Gasteiger partial charge is 0.306 e. The first-order valence-electron chi connectivity index (χ1n) is 34.0. The molecule has 0 aliphatic rings. The Bertz CT molecular complexity index is 2450. The van der Waals surface area contributed by atoms with E-state index in [2.05, 4.69) is 166 Å². The van der Waals surface area contributed by atoms with E-state index in [4.69, 9.17) is 18.9 Å². The predicted molar refractivity (Wildman–Crippen MR) is 387 cm³/mol. The fourth-order valence-electron chi connectivity index (χ4n) is 10.1. The summed E-state index contributed by atoms with van der Waals surface area (Å²) < 4.78 is 20.6. The quantitative estimate of drug-likeness (QED) is 0.0485. The number of ether oxygens (including phenoxy) is 4. The molecule has 0 heterocycles. The van der Waals surface area contributed by atoms with Crippen molar-refractivity contribution in [3.63, 3.8) is 0 Å². The van der Waals surface area contributed by atoms with Crippen molar-refractivity contribution in [2.75, 3.05) is 26.4 Å². The number of aryl methyl sites for hydroxylation is 4. The molecule has 0 spiro atoms. The summed E-state index contributed by atoms with van der Waals surface area (Å²) >= 11 is 0. The van der Waals surface area contributed by atoms with Crippen LogP contribution in [0.4, 0.5) is 0 Å². The third-order valence-electron chi connectivity index (χ3n) is 15.5. The first kappa shape index (κ1) is 87.0. The summed E-state index contributed by atoms with van der Waals surface area (Å²) in [5.74, 6) is 0.877. The highest BCUT2D eigenvalue weighted by molar-refractivity contribution is 5.71. The Morgan fingerprint density at radius 2 is 0.387 bits per heavy atom. The molecular formula is C81H132O12. The zero-order chi connectivity index (χ0) is 71.3. The highest BCUT2D eigenvalue weighted by Crippen LogP contribution is 2.44. The first-order chi connectivity index (χ1) is 41.9. The summed E-state index contributed by atoms with van der Waals surface area (Å²) in [6, 6.07) is 16.2. The van der Waals surface area contributed by atoms with Gasteiger partial charge in [-0.05, 0) is 161 Å². The van der Waals surface area contributed by atoms with Gasteiger partial charge in [0.1, 0.15) is 23.0 Å². The van der Waals surface area contributed by atoms with E-state index in [0.29, 0.717) is 101 Å². The molecule has 0 saturated heterocycles. The second-order valence-electron chi connectivity index (χ2n) is 33.0. The lowest BCUT2D eigenvalue weighted by Gasteiger charge is -2.28. The van der Waals surface area contributed by atoms with E-state index in [0.717, 1.165) is 92.4 Å². The second kappa shape index (κ2) is 36.7. The largest absolute Gasteiger partial charge is 0.507 e. The fourth-order valence-corrected chi connectivity index (χ4v) is 10.1. The molecule has 0 aliphatic carbocycles. The molecule has 4 N–H and O–H groups in total.